The maximum Gasteiger partial charge on any atom is 0.191 e. The van der Waals surface area contributed by atoms with E-state index in [-0.39, 0.29) is 24.0 Å². The predicted molar refractivity (Wildman–Crippen MR) is 133 cm³/mol. The van der Waals surface area contributed by atoms with Crippen LogP contribution in [0, 0.1) is 0 Å². The second-order valence-corrected chi connectivity index (χ2v) is 6.59. The number of hydrogen-bond donors (Lipinski definition) is 2. The van der Waals surface area contributed by atoms with Crippen LogP contribution in [0.4, 0.5) is 0 Å². The standard InChI is InChI=1S/C21H38N4O4.HI/c1-6-22-21(24-10-12-25(2)11-8-13-26-3)23-9-7-14-29-20-16-18(27-4)15-19(17-20)28-5;/h15-17H,6-14H2,1-5H3,(H2,22,23,24);1H. The van der Waals surface area contributed by atoms with Gasteiger partial charge in [0.1, 0.15) is 17.2 Å². The minimum Gasteiger partial charge on any atom is -0.496 e. The second-order valence-electron chi connectivity index (χ2n) is 6.59. The van der Waals surface area contributed by atoms with Crippen LogP contribution in [0.25, 0.3) is 0 Å². The molecule has 0 saturated heterocycles. The molecule has 0 amide bonds. The van der Waals surface area contributed by atoms with Crippen molar-refractivity contribution in [2.45, 2.75) is 19.8 Å². The van der Waals surface area contributed by atoms with Crippen molar-refractivity contribution >= 4 is 29.9 Å². The molecule has 8 nitrogen and oxygen atoms in total. The number of halogens is 1. The molecule has 0 heterocycles. The third kappa shape index (κ3) is 13.0. The zero-order valence-corrected chi connectivity index (χ0v) is 21.4. The monoisotopic (exact) mass is 538 g/mol. The summed E-state index contributed by atoms with van der Waals surface area (Å²) in [6.07, 6.45) is 1.85. The zero-order valence-electron chi connectivity index (χ0n) is 19.0. The summed E-state index contributed by atoms with van der Waals surface area (Å²) in [4.78, 5) is 6.89. The molecule has 0 unspecified atom stereocenters. The number of methoxy groups -OCH3 is 3. The molecular formula is C21H39IN4O4. The Kier molecular flexibility index (Phi) is 17.4. The lowest BCUT2D eigenvalue weighted by molar-refractivity contribution is 0.180. The molecule has 30 heavy (non-hydrogen) atoms. The van der Waals surface area contributed by atoms with Gasteiger partial charge in [0.25, 0.3) is 0 Å². The Hall–Kier alpha value is -1.46. The van der Waals surface area contributed by atoms with Crippen molar-refractivity contribution in [1.29, 1.82) is 0 Å². The molecule has 1 aromatic carbocycles. The van der Waals surface area contributed by atoms with Crippen LogP contribution in [0.5, 0.6) is 17.2 Å². The van der Waals surface area contributed by atoms with E-state index in [0.717, 1.165) is 57.3 Å². The van der Waals surface area contributed by atoms with Gasteiger partial charge in [0.05, 0.1) is 20.8 Å². The summed E-state index contributed by atoms with van der Waals surface area (Å²) in [6, 6.07) is 5.52. The van der Waals surface area contributed by atoms with Crippen LogP contribution >= 0.6 is 24.0 Å². The lowest BCUT2D eigenvalue weighted by Gasteiger charge is -2.18. The Balaban J connectivity index is 0.00000841. The molecule has 0 aliphatic rings. The van der Waals surface area contributed by atoms with Gasteiger partial charge in [-0.05, 0) is 20.4 Å². The molecule has 1 rings (SSSR count). The molecule has 0 radical (unpaired) electrons. The third-order valence-electron chi connectivity index (χ3n) is 4.18. The first-order valence-electron chi connectivity index (χ1n) is 10.2. The summed E-state index contributed by atoms with van der Waals surface area (Å²) >= 11 is 0. The third-order valence-corrected chi connectivity index (χ3v) is 4.18. The number of hydrogen-bond acceptors (Lipinski definition) is 6. The van der Waals surface area contributed by atoms with Crippen molar-refractivity contribution in [2.24, 2.45) is 4.99 Å². The van der Waals surface area contributed by atoms with Crippen LogP contribution in [-0.2, 0) is 4.74 Å². The van der Waals surface area contributed by atoms with Gasteiger partial charge in [0.2, 0.25) is 0 Å². The highest BCUT2D eigenvalue weighted by atomic mass is 127. The number of nitrogens with zero attached hydrogens (tertiary/aromatic N) is 2. The normalized spacial score (nSPS) is 11.1. The first-order valence-corrected chi connectivity index (χ1v) is 10.2. The molecule has 9 heteroatoms. The van der Waals surface area contributed by atoms with Gasteiger partial charge in [0.15, 0.2) is 5.96 Å². The number of benzene rings is 1. The van der Waals surface area contributed by atoms with E-state index >= 15 is 0 Å². The largest absolute Gasteiger partial charge is 0.496 e. The van der Waals surface area contributed by atoms with Crippen LogP contribution in [0.2, 0.25) is 0 Å². The smallest absolute Gasteiger partial charge is 0.191 e. The molecule has 174 valence electrons. The zero-order chi connectivity index (χ0) is 21.3. The Morgan fingerprint density at radius 2 is 1.60 bits per heavy atom. The topological polar surface area (TPSA) is 76.6 Å². The second kappa shape index (κ2) is 18.3. The number of aliphatic imine (C=N–C) groups is 1. The summed E-state index contributed by atoms with van der Waals surface area (Å²) in [6.45, 7) is 7.76. The SMILES string of the molecule is CCNC(=NCCCOc1cc(OC)cc(OC)c1)NCCN(C)CCCOC.I. The van der Waals surface area contributed by atoms with E-state index < -0.39 is 0 Å². The molecule has 0 spiro atoms. The van der Waals surface area contributed by atoms with E-state index in [4.69, 9.17) is 18.9 Å². The lowest BCUT2D eigenvalue weighted by atomic mass is 10.3. The van der Waals surface area contributed by atoms with Crippen molar-refractivity contribution in [3.05, 3.63) is 18.2 Å². The summed E-state index contributed by atoms with van der Waals surface area (Å²) in [7, 11) is 7.10. The number of likely N-dealkylation sites (N-methyl/N-ethyl adjacent to an activating group) is 1. The molecule has 0 aromatic heterocycles. The quantitative estimate of drug-likeness (QED) is 0.154. The Morgan fingerprint density at radius 1 is 0.933 bits per heavy atom. The molecule has 2 N–H and O–H groups in total. The average Bonchev–Trinajstić information content (AvgIpc) is 2.73. The van der Waals surface area contributed by atoms with E-state index in [9.17, 15) is 0 Å². The summed E-state index contributed by atoms with van der Waals surface area (Å²) < 4.78 is 21.4. The maximum atomic E-state index is 5.81. The van der Waals surface area contributed by atoms with Crippen LogP contribution in [0.3, 0.4) is 0 Å². The van der Waals surface area contributed by atoms with E-state index in [1.165, 1.54) is 0 Å². The van der Waals surface area contributed by atoms with Crippen molar-refractivity contribution in [3.63, 3.8) is 0 Å². The molecule has 0 aliphatic carbocycles. The summed E-state index contributed by atoms with van der Waals surface area (Å²) in [5.41, 5.74) is 0. The van der Waals surface area contributed by atoms with Crippen molar-refractivity contribution in [1.82, 2.24) is 15.5 Å². The highest BCUT2D eigenvalue weighted by molar-refractivity contribution is 14.0. The summed E-state index contributed by atoms with van der Waals surface area (Å²) in [5.74, 6) is 2.99. The maximum absolute atomic E-state index is 5.81. The van der Waals surface area contributed by atoms with Crippen LogP contribution in [0.1, 0.15) is 19.8 Å². The highest BCUT2D eigenvalue weighted by Gasteiger charge is 2.03. The van der Waals surface area contributed by atoms with Crippen LogP contribution < -0.4 is 24.8 Å². The van der Waals surface area contributed by atoms with Gasteiger partial charge in [-0.25, -0.2) is 0 Å². The van der Waals surface area contributed by atoms with Gasteiger partial charge in [-0.3, -0.25) is 4.99 Å². The highest BCUT2D eigenvalue weighted by Crippen LogP contribution is 2.27. The fourth-order valence-corrected chi connectivity index (χ4v) is 2.61. The van der Waals surface area contributed by atoms with E-state index in [2.05, 4.69) is 34.5 Å². The van der Waals surface area contributed by atoms with E-state index in [0.29, 0.717) is 24.7 Å². The molecule has 0 bridgehead atoms. The van der Waals surface area contributed by atoms with Crippen LogP contribution in [-0.4, -0.2) is 85.2 Å². The summed E-state index contributed by atoms with van der Waals surface area (Å²) in [5, 5.41) is 6.65. The molecule has 1 aromatic rings. The molecule has 0 atom stereocenters. The van der Waals surface area contributed by atoms with Gasteiger partial charge in [-0.1, -0.05) is 0 Å². The van der Waals surface area contributed by atoms with E-state index in [1.54, 1.807) is 21.3 Å². The predicted octanol–water partition coefficient (Wildman–Crippen LogP) is 2.61. The Labute approximate surface area is 198 Å². The van der Waals surface area contributed by atoms with Crippen LogP contribution in [0.15, 0.2) is 23.2 Å². The Bertz CT molecular complexity index is 568. The minimum atomic E-state index is 0. The first kappa shape index (κ1) is 28.5. The lowest BCUT2D eigenvalue weighted by Crippen LogP contribution is -2.41. The van der Waals surface area contributed by atoms with Gasteiger partial charge in [-0.15, -0.1) is 24.0 Å². The fourth-order valence-electron chi connectivity index (χ4n) is 2.61. The number of guanidine groups is 1. The van der Waals surface area contributed by atoms with Gasteiger partial charge in [-0.2, -0.15) is 0 Å². The number of ether oxygens (including phenoxy) is 4. The minimum absolute atomic E-state index is 0. The van der Waals surface area contributed by atoms with Crippen molar-refractivity contribution in [2.75, 3.05) is 74.3 Å². The molecule has 0 saturated carbocycles. The van der Waals surface area contributed by atoms with Gasteiger partial charge >= 0.3 is 0 Å². The molecule has 0 aliphatic heterocycles. The van der Waals surface area contributed by atoms with Crippen molar-refractivity contribution < 1.29 is 18.9 Å². The van der Waals surface area contributed by atoms with Crippen molar-refractivity contribution in [3.8, 4) is 17.2 Å². The molecular weight excluding hydrogens is 499 g/mol. The van der Waals surface area contributed by atoms with Gasteiger partial charge in [0, 0.05) is 71.1 Å². The number of nitrogens with one attached hydrogen (secondary N) is 2. The Morgan fingerprint density at radius 3 is 2.20 bits per heavy atom. The molecule has 0 fully saturated rings. The van der Waals surface area contributed by atoms with E-state index in [1.807, 2.05) is 18.2 Å². The number of rotatable bonds is 15. The first-order chi connectivity index (χ1) is 14.1. The average molecular weight is 538 g/mol. The fraction of sp³-hybridized carbons (Fsp3) is 0.667. The van der Waals surface area contributed by atoms with Gasteiger partial charge < -0.3 is 34.5 Å².